The first-order valence-corrected chi connectivity index (χ1v) is 7.11. The maximum atomic E-state index is 12.6. The number of nitrogens with two attached hydrogens (primary N) is 1. The highest BCUT2D eigenvalue weighted by atomic mass is 16.2. The molecule has 1 saturated heterocycles. The topological polar surface area (TPSA) is 46.3 Å². The van der Waals surface area contributed by atoms with Gasteiger partial charge in [0.05, 0.1) is 0 Å². The number of likely N-dealkylation sites (tertiary alicyclic amines) is 1. The average molecular weight is 260 g/mol. The van der Waals surface area contributed by atoms with Crippen LogP contribution in [0.25, 0.3) is 0 Å². The summed E-state index contributed by atoms with van der Waals surface area (Å²) in [6.07, 6.45) is 2.93. The molecule has 0 spiro atoms. The van der Waals surface area contributed by atoms with Gasteiger partial charge in [-0.05, 0) is 42.9 Å². The zero-order chi connectivity index (χ0) is 13.9. The minimum absolute atomic E-state index is 0.166. The number of nitrogens with zero attached hydrogens (tertiary/aromatic N) is 1. The maximum absolute atomic E-state index is 12.6. The zero-order valence-electron chi connectivity index (χ0n) is 12.0. The Hall–Kier alpha value is -1.35. The zero-order valence-corrected chi connectivity index (χ0v) is 12.0. The van der Waals surface area contributed by atoms with Crippen LogP contribution in [0.1, 0.15) is 42.6 Å². The predicted molar refractivity (Wildman–Crippen MR) is 78.1 cm³/mol. The quantitative estimate of drug-likeness (QED) is 0.907. The van der Waals surface area contributed by atoms with Crippen molar-refractivity contribution in [3.8, 4) is 0 Å². The van der Waals surface area contributed by atoms with E-state index in [1.54, 1.807) is 0 Å². The number of carbonyl (C=O) groups is 1. The van der Waals surface area contributed by atoms with Crippen molar-refractivity contribution in [2.24, 2.45) is 11.1 Å². The van der Waals surface area contributed by atoms with Crippen molar-refractivity contribution in [3.05, 3.63) is 35.4 Å². The van der Waals surface area contributed by atoms with Gasteiger partial charge in [0.25, 0.3) is 5.91 Å². The van der Waals surface area contributed by atoms with Crippen LogP contribution in [-0.2, 0) is 6.42 Å². The standard InChI is InChI=1S/C16H24N2O/c1-16(2)8-11-18(12-9-16)15(19)14-6-4-3-5-13(14)7-10-17/h3-6H,7-12,17H2,1-2H3. The van der Waals surface area contributed by atoms with E-state index in [-0.39, 0.29) is 5.91 Å². The molecule has 0 aliphatic carbocycles. The summed E-state index contributed by atoms with van der Waals surface area (Å²) in [4.78, 5) is 14.6. The van der Waals surface area contributed by atoms with E-state index in [9.17, 15) is 4.79 Å². The molecule has 19 heavy (non-hydrogen) atoms. The predicted octanol–water partition coefficient (Wildman–Crippen LogP) is 2.45. The Bertz CT molecular complexity index is 444. The molecule has 0 atom stereocenters. The van der Waals surface area contributed by atoms with E-state index < -0.39 is 0 Å². The van der Waals surface area contributed by atoms with Crippen molar-refractivity contribution >= 4 is 5.91 Å². The second-order valence-corrected chi connectivity index (χ2v) is 6.15. The van der Waals surface area contributed by atoms with E-state index in [4.69, 9.17) is 5.73 Å². The summed E-state index contributed by atoms with van der Waals surface area (Å²) in [5, 5.41) is 0. The van der Waals surface area contributed by atoms with Gasteiger partial charge in [-0.2, -0.15) is 0 Å². The molecule has 1 heterocycles. The lowest BCUT2D eigenvalue weighted by atomic mass is 9.82. The molecule has 2 N–H and O–H groups in total. The maximum Gasteiger partial charge on any atom is 0.254 e. The Morgan fingerprint density at radius 2 is 1.89 bits per heavy atom. The molecule has 0 bridgehead atoms. The van der Waals surface area contributed by atoms with Crippen LogP contribution in [0.15, 0.2) is 24.3 Å². The van der Waals surface area contributed by atoms with Gasteiger partial charge in [0.2, 0.25) is 0 Å². The summed E-state index contributed by atoms with van der Waals surface area (Å²) < 4.78 is 0. The fraction of sp³-hybridized carbons (Fsp3) is 0.562. The van der Waals surface area contributed by atoms with Crippen LogP contribution < -0.4 is 5.73 Å². The number of piperidine rings is 1. The third-order valence-electron chi connectivity index (χ3n) is 4.07. The molecule has 1 fully saturated rings. The van der Waals surface area contributed by atoms with E-state index in [2.05, 4.69) is 13.8 Å². The molecule has 104 valence electrons. The minimum Gasteiger partial charge on any atom is -0.339 e. The smallest absolute Gasteiger partial charge is 0.254 e. The van der Waals surface area contributed by atoms with Gasteiger partial charge < -0.3 is 10.6 Å². The largest absolute Gasteiger partial charge is 0.339 e. The van der Waals surface area contributed by atoms with Crippen LogP contribution >= 0.6 is 0 Å². The normalized spacial score (nSPS) is 18.4. The summed E-state index contributed by atoms with van der Waals surface area (Å²) in [7, 11) is 0. The van der Waals surface area contributed by atoms with Gasteiger partial charge in [-0.3, -0.25) is 4.79 Å². The van der Waals surface area contributed by atoms with E-state index in [0.29, 0.717) is 12.0 Å². The van der Waals surface area contributed by atoms with Crippen LogP contribution in [0.2, 0.25) is 0 Å². The SMILES string of the molecule is CC1(C)CCN(C(=O)c2ccccc2CCN)CC1. The molecule has 1 aromatic rings. The number of carbonyl (C=O) groups excluding carboxylic acids is 1. The first-order chi connectivity index (χ1) is 9.03. The third-order valence-corrected chi connectivity index (χ3v) is 4.07. The summed E-state index contributed by atoms with van der Waals surface area (Å²) in [5.74, 6) is 0.166. The monoisotopic (exact) mass is 260 g/mol. The second kappa shape index (κ2) is 5.74. The fourth-order valence-electron chi connectivity index (χ4n) is 2.59. The Morgan fingerprint density at radius 3 is 2.53 bits per heavy atom. The fourth-order valence-corrected chi connectivity index (χ4v) is 2.59. The molecule has 3 heteroatoms. The molecule has 0 saturated carbocycles. The van der Waals surface area contributed by atoms with E-state index in [1.807, 2.05) is 29.2 Å². The average Bonchev–Trinajstić information content (AvgIpc) is 2.39. The first kappa shape index (κ1) is 14.1. The van der Waals surface area contributed by atoms with Gasteiger partial charge in [-0.25, -0.2) is 0 Å². The molecule has 1 aromatic carbocycles. The van der Waals surface area contributed by atoms with Gasteiger partial charge in [0, 0.05) is 18.7 Å². The summed E-state index contributed by atoms with van der Waals surface area (Å²) >= 11 is 0. The van der Waals surface area contributed by atoms with Crippen molar-refractivity contribution < 1.29 is 4.79 Å². The minimum atomic E-state index is 0.166. The molecular formula is C16H24N2O. The highest BCUT2D eigenvalue weighted by Crippen LogP contribution is 2.30. The van der Waals surface area contributed by atoms with E-state index in [0.717, 1.165) is 43.5 Å². The van der Waals surface area contributed by atoms with Gasteiger partial charge in [0.1, 0.15) is 0 Å². The van der Waals surface area contributed by atoms with Gasteiger partial charge in [0.15, 0.2) is 0 Å². The molecule has 1 aliphatic heterocycles. The lowest BCUT2D eigenvalue weighted by Crippen LogP contribution is -2.41. The van der Waals surface area contributed by atoms with Crippen LogP contribution in [0, 0.1) is 5.41 Å². The van der Waals surface area contributed by atoms with Crippen LogP contribution in [0.4, 0.5) is 0 Å². The molecule has 1 amide bonds. The highest BCUT2D eigenvalue weighted by molar-refractivity contribution is 5.95. The second-order valence-electron chi connectivity index (χ2n) is 6.15. The van der Waals surface area contributed by atoms with Crippen LogP contribution in [0.3, 0.4) is 0 Å². The van der Waals surface area contributed by atoms with Crippen molar-refractivity contribution in [2.75, 3.05) is 19.6 Å². The van der Waals surface area contributed by atoms with Crippen LogP contribution in [-0.4, -0.2) is 30.4 Å². The number of hydrogen-bond donors (Lipinski definition) is 1. The number of hydrogen-bond acceptors (Lipinski definition) is 2. The Kier molecular flexibility index (Phi) is 4.25. The molecular weight excluding hydrogens is 236 g/mol. The molecule has 0 aromatic heterocycles. The van der Waals surface area contributed by atoms with Gasteiger partial charge >= 0.3 is 0 Å². The first-order valence-electron chi connectivity index (χ1n) is 7.11. The van der Waals surface area contributed by atoms with E-state index in [1.165, 1.54) is 0 Å². The van der Waals surface area contributed by atoms with Crippen molar-refractivity contribution in [3.63, 3.8) is 0 Å². The summed E-state index contributed by atoms with van der Waals surface area (Å²) in [6, 6.07) is 7.84. The molecule has 0 radical (unpaired) electrons. The Morgan fingerprint density at radius 1 is 1.26 bits per heavy atom. The molecule has 2 rings (SSSR count). The third kappa shape index (κ3) is 3.35. The van der Waals surface area contributed by atoms with Crippen LogP contribution in [0.5, 0.6) is 0 Å². The Labute approximate surface area is 115 Å². The number of amides is 1. The number of rotatable bonds is 3. The lowest BCUT2D eigenvalue weighted by Gasteiger charge is -2.37. The van der Waals surface area contributed by atoms with Crippen molar-refractivity contribution in [1.29, 1.82) is 0 Å². The molecule has 1 aliphatic rings. The van der Waals surface area contributed by atoms with Gasteiger partial charge in [-0.1, -0.05) is 32.0 Å². The van der Waals surface area contributed by atoms with Crippen molar-refractivity contribution in [1.82, 2.24) is 4.90 Å². The molecule has 0 unspecified atom stereocenters. The molecule has 3 nitrogen and oxygen atoms in total. The van der Waals surface area contributed by atoms with Gasteiger partial charge in [-0.15, -0.1) is 0 Å². The summed E-state index contributed by atoms with van der Waals surface area (Å²) in [6.45, 7) is 6.86. The Balaban J connectivity index is 2.12. The van der Waals surface area contributed by atoms with Crippen molar-refractivity contribution in [2.45, 2.75) is 33.1 Å². The summed E-state index contributed by atoms with van der Waals surface area (Å²) in [5.41, 5.74) is 7.88. The highest BCUT2D eigenvalue weighted by Gasteiger charge is 2.28. The van der Waals surface area contributed by atoms with E-state index >= 15 is 0 Å². The number of benzene rings is 1. The lowest BCUT2D eigenvalue weighted by molar-refractivity contribution is 0.0629.